The Hall–Kier alpha value is -1.45. The molecule has 0 bridgehead atoms. The third kappa shape index (κ3) is 3.42. The van der Waals surface area contributed by atoms with Crippen LogP contribution in [-0.2, 0) is 16.6 Å². The number of aryl methyl sites for hydroxylation is 3. The van der Waals surface area contributed by atoms with Gasteiger partial charge in [0.05, 0.1) is 11.4 Å². The van der Waals surface area contributed by atoms with Crippen LogP contribution in [0.15, 0.2) is 11.1 Å². The van der Waals surface area contributed by atoms with Gasteiger partial charge in [0.25, 0.3) is 10.0 Å². The minimum absolute atomic E-state index is 0.0388. The third-order valence-electron chi connectivity index (χ3n) is 2.95. The maximum Gasteiger partial charge on any atom is 0.267 e. The summed E-state index contributed by atoms with van der Waals surface area (Å²) in [7, 11) is -3.71. The Morgan fingerprint density at radius 1 is 1.38 bits per heavy atom. The van der Waals surface area contributed by atoms with Gasteiger partial charge in [-0.3, -0.25) is 9.40 Å². The number of aliphatic hydroxyl groups excluding tert-OH is 1. The lowest BCUT2D eigenvalue weighted by Crippen LogP contribution is -2.15. The van der Waals surface area contributed by atoms with E-state index in [4.69, 9.17) is 5.11 Å². The molecule has 2 aromatic heterocycles. The number of nitrogens with one attached hydrogen (secondary N) is 1. The molecule has 0 atom stereocenters. The molecule has 0 saturated heterocycles. The van der Waals surface area contributed by atoms with E-state index in [2.05, 4.69) is 14.8 Å². The molecule has 0 spiro atoms. The van der Waals surface area contributed by atoms with Crippen molar-refractivity contribution >= 4 is 26.5 Å². The Bertz CT molecular complexity index is 734. The molecule has 2 heterocycles. The van der Waals surface area contributed by atoms with Crippen LogP contribution in [0.3, 0.4) is 0 Å². The molecule has 0 aliphatic carbocycles. The predicted molar refractivity (Wildman–Crippen MR) is 81.1 cm³/mol. The lowest BCUT2D eigenvalue weighted by atomic mass is 10.4. The van der Waals surface area contributed by atoms with E-state index in [1.807, 2.05) is 6.92 Å². The molecule has 2 rings (SSSR count). The Balaban J connectivity index is 2.33. The average molecular weight is 330 g/mol. The van der Waals surface area contributed by atoms with Crippen molar-refractivity contribution < 1.29 is 13.5 Å². The first-order valence-electron chi connectivity index (χ1n) is 6.45. The number of rotatable bonds is 6. The predicted octanol–water partition coefficient (Wildman–Crippen LogP) is 1.45. The van der Waals surface area contributed by atoms with Gasteiger partial charge in [0.2, 0.25) is 0 Å². The molecular weight excluding hydrogens is 312 g/mol. The molecule has 0 fully saturated rings. The standard InChI is InChI=1S/C12H18N4O3S2/c1-8-7-13-12(20-8)15-21(18,19)11-9(2)14-16(10(11)3)5-4-6-17/h7,17H,4-6H2,1-3H3,(H,13,15). The van der Waals surface area contributed by atoms with Crippen LogP contribution in [0.5, 0.6) is 0 Å². The Kier molecular flexibility index (Phi) is 4.64. The molecule has 21 heavy (non-hydrogen) atoms. The largest absolute Gasteiger partial charge is 0.396 e. The molecule has 9 heteroatoms. The summed E-state index contributed by atoms with van der Waals surface area (Å²) >= 11 is 1.28. The molecule has 0 aromatic carbocycles. The molecular formula is C12H18N4O3S2. The molecule has 0 unspecified atom stereocenters. The molecule has 2 aromatic rings. The van der Waals surface area contributed by atoms with E-state index >= 15 is 0 Å². The highest BCUT2D eigenvalue weighted by Gasteiger charge is 2.25. The van der Waals surface area contributed by atoms with Crippen molar-refractivity contribution in [3.8, 4) is 0 Å². The second-order valence-corrected chi connectivity index (χ2v) is 7.54. The monoisotopic (exact) mass is 330 g/mol. The highest BCUT2D eigenvalue weighted by Crippen LogP contribution is 2.25. The van der Waals surface area contributed by atoms with Crippen LogP contribution < -0.4 is 4.72 Å². The SMILES string of the molecule is Cc1cnc(NS(=O)(=O)c2c(C)nn(CCCO)c2C)s1. The topological polar surface area (TPSA) is 97.1 Å². The first-order valence-corrected chi connectivity index (χ1v) is 8.75. The fraction of sp³-hybridized carbons (Fsp3) is 0.500. The van der Waals surface area contributed by atoms with Crippen LogP contribution in [0.25, 0.3) is 0 Å². The van der Waals surface area contributed by atoms with Crippen molar-refractivity contribution in [1.29, 1.82) is 0 Å². The highest BCUT2D eigenvalue weighted by atomic mass is 32.2. The van der Waals surface area contributed by atoms with Crippen molar-refractivity contribution in [2.45, 2.75) is 38.6 Å². The highest BCUT2D eigenvalue weighted by molar-refractivity contribution is 7.93. The average Bonchev–Trinajstić information content (AvgIpc) is 2.90. The summed E-state index contributed by atoms with van der Waals surface area (Å²) in [6.07, 6.45) is 2.15. The minimum Gasteiger partial charge on any atom is -0.396 e. The molecule has 116 valence electrons. The van der Waals surface area contributed by atoms with Crippen LogP contribution in [0.4, 0.5) is 5.13 Å². The lowest BCUT2D eigenvalue weighted by molar-refractivity contribution is 0.276. The van der Waals surface area contributed by atoms with Crippen LogP contribution in [-0.4, -0.2) is 34.9 Å². The van der Waals surface area contributed by atoms with Gasteiger partial charge in [0.15, 0.2) is 5.13 Å². The number of hydrogen-bond acceptors (Lipinski definition) is 6. The summed E-state index contributed by atoms with van der Waals surface area (Å²) in [5.74, 6) is 0. The number of anilines is 1. The Morgan fingerprint density at radius 3 is 2.67 bits per heavy atom. The maximum absolute atomic E-state index is 12.5. The summed E-state index contributed by atoms with van der Waals surface area (Å²) in [5, 5.41) is 13.4. The smallest absolute Gasteiger partial charge is 0.267 e. The molecule has 0 amide bonds. The van der Waals surface area contributed by atoms with Gasteiger partial charge in [-0.05, 0) is 27.2 Å². The van der Waals surface area contributed by atoms with E-state index in [1.54, 1.807) is 24.7 Å². The normalized spacial score (nSPS) is 11.8. The molecule has 0 aliphatic heterocycles. The quantitative estimate of drug-likeness (QED) is 0.835. The Labute approximate surface area is 127 Å². The first kappa shape index (κ1) is 15.9. The van der Waals surface area contributed by atoms with Gasteiger partial charge in [-0.15, -0.1) is 11.3 Å². The molecule has 2 N–H and O–H groups in total. The summed E-state index contributed by atoms with van der Waals surface area (Å²) in [4.78, 5) is 5.11. The lowest BCUT2D eigenvalue weighted by Gasteiger charge is -2.06. The molecule has 0 aliphatic rings. The zero-order valence-corrected chi connectivity index (χ0v) is 13.8. The van der Waals surface area contributed by atoms with Gasteiger partial charge >= 0.3 is 0 Å². The number of thiazole rings is 1. The van der Waals surface area contributed by atoms with Crippen molar-refractivity contribution in [1.82, 2.24) is 14.8 Å². The van der Waals surface area contributed by atoms with Crippen LogP contribution >= 0.6 is 11.3 Å². The number of aromatic nitrogens is 3. The summed E-state index contributed by atoms with van der Waals surface area (Å²) in [6, 6.07) is 0. The zero-order valence-electron chi connectivity index (χ0n) is 12.1. The first-order chi connectivity index (χ1) is 9.85. The van der Waals surface area contributed by atoms with Crippen LogP contribution in [0.2, 0.25) is 0 Å². The zero-order chi connectivity index (χ0) is 15.6. The van der Waals surface area contributed by atoms with Gasteiger partial charge in [-0.2, -0.15) is 5.10 Å². The number of hydrogen-bond donors (Lipinski definition) is 2. The van der Waals surface area contributed by atoms with Crippen molar-refractivity contribution in [3.05, 3.63) is 22.5 Å². The van der Waals surface area contributed by atoms with E-state index in [1.165, 1.54) is 11.3 Å². The summed E-state index contributed by atoms with van der Waals surface area (Å²) in [6.45, 7) is 5.74. The second-order valence-electron chi connectivity index (χ2n) is 4.68. The fourth-order valence-electron chi connectivity index (χ4n) is 2.08. The van der Waals surface area contributed by atoms with Gasteiger partial charge in [-0.1, -0.05) is 0 Å². The third-order valence-corrected chi connectivity index (χ3v) is 5.50. The van der Waals surface area contributed by atoms with Crippen molar-refractivity contribution in [2.24, 2.45) is 0 Å². The van der Waals surface area contributed by atoms with Crippen molar-refractivity contribution in [3.63, 3.8) is 0 Å². The minimum atomic E-state index is -3.71. The summed E-state index contributed by atoms with van der Waals surface area (Å²) in [5.41, 5.74) is 0.993. The van der Waals surface area contributed by atoms with Gasteiger partial charge < -0.3 is 5.11 Å². The van der Waals surface area contributed by atoms with E-state index in [-0.39, 0.29) is 11.5 Å². The van der Waals surface area contributed by atoms with Crippen LogP contribution in [0.1, 0.15) is 22.7 Å². The van der Waals surface area contributed by atoms with Gasteiger partial charge in [-0.25, -0.2) is 13.4 Å². The van der Waals surface area contributed by atoms with E-state index in [9.17, 15) is 8.42 Å². The van der Waals surface area contributed by atoms with E-state index in [0.717, 1.165) is 4.88 Å². The molecule has 0 saturated carbocycles. The number of aliphatic hydroxyl groups is 1. The second kappa shape index (κ2) is 6.12. The van der Waals surface area contributed by atoms with Gasteiger partial charge in [0.1, 0.15) is 4.90 Å². The molecule has 0 radical (unpaired) electrons. The van der Waals surface area contributed by atoms with Crippen molar-refractivity contribution in [2.75, 3.05) is 11.3 Å². The number of sulfonamides is 1. The fourth-order valence-corrected chi connectivity index (χ4v) is 4.40. The maximum atomic E-state index is 12.5. The molecule has 7 nitrogen and oxygen atoms in total. The van der Waals surface area contributed by atoms with E-state index < -0.39 is 10.0 Å². The Morgan fingerprint density at radius 2 is 2.10 bits per heavy atom. The van der Waals surface area contributed by atoms with Crippen LogP contribution in [0, 0.1) is 20.8 Å². The summed E-state index contributed by atoms with van der Waals surface area (Å²) < 4.78 is 29.1. The van der Waals surface area contributed by atoms with Gasteiger partial charge in [0, 0.05) is 24.2 Å². The number of nitrogens with zero attached hydrogens (tertiary/aromatic N) is 3. The van der Waals surface area contributed by atoms with E-state index in [0.29, 0.717) is 29.5 Å².